The molecule has 2 saturated heterocycles. The van der Waals surface area contributed by atoms with Gasteiger partial charge in [-0.05, 0) is 84.5 Å². The molecule has 354 valence electrons. The molecule has 19 heteroatoms. The quantitative estimate of drug-likeness (QED) is 0.121. The van der Waals surface area contributed by atoms with Crippen molar-refractivity contribution in [1.29, 1.82) is 0 Å². The third kappa shape index (κ3) is 11.9. The minimum absolute atomic E-state index is 0.0135. The predicted molar refractivity (Wildman–Crippen MR) is 270 cm³/mol. The van der Waals surface area contributed by atoms with Gasteiger partial charge in [0.15, 0.2) is 21.3 Å². The maximum atomic E-state index is 13.2. The number of carbonyl (C=O) groups excluding carboxylic acids is 2. The van der Waals surface area contributed by atoms with Crippen molar-refractivity contribution < 1.29 is 18.4 Å². The van der Waals surface area contributed by atoms with E-state index < -0.39 is 0 Å². The molecule has 6 heterocycles. The molecular formula is C50H49ClF2N12O2S2. The van der Waals surface area contributed by atoms with Gasteiger partial charge in [0.1, 0.15) is 22.7 Å². The minimum Gasteiger partial charge on any atom is -0.368 e. The Hall–Kier alpha value is -6.89. The fraction of sp³-hybridized carbons (Fsp3) is 0.280. The van der Waals surface area contributed by atoms with Crippen LogP contribution in [-0.2, 0) is 36.9 Å². The standard InChI is InChI=1S/C26H27FN6OS.C24H22ClFN6OS/c27-20-10-6-19(7-11-20)8-12-21-29-23-24(30-26(28)31-25(23)35-21)33-16-14-32(15-17-33)22(34)13-9-18-4-2-1-3-5-18;25-17-6-4-16(5-7-17)23(33)32-13-11-31(12-14-32)21-20-22(30-24(27)29-21)34-19(28-20)10-3-15-1-8-18(26)9-2-15/h1-7,10-11H,8-9,12-17H2,(H2,28,30,31);1-2,4-9H,3,10-14H2,(H2,27,29,30). The number of halogens is 3. The highest BCUT2D eigenvalue weighted by Gasteiger charge is 2.27. The first kappa shape index (κ1) is 47.2. The zero-order valence-corrected chi connectivity index (χ0v) is 40.0. The van der Waals surface area contributed by atoms with Gasteiger partial charge in [-0.15, -0.1) is 0 Å². The summed E-state index contributed by atoms with van der Waals surface area (Å²) < 4.78 is 26.3. The molecule has 69 heavy (non-hydrogen) atoms. The molecule has 0 aliphatic carbocycles. The fourth-order valence-electron chi connectivity index (χ4n) is 8.31. The average molecular weight is 988 g/mol. The van der Waals surface area contributed by atoms with Crippen LogP contribution in [0.2, 0.25) is 5.02 Å². The second kappa shape index (κ2) is 21.6. The highest BCUT2D eigenvalue weighted by atomic mass is 35.5. The first-order valence-electron chi connectivity index (χ1n) is 22.7. The molecule has 0 unspecified atom stereocenters. The van der Waals surface area contributed by atoms with E-state index in [1.54, 1.807) is 48.5 Å². The number of anilines is 4. The number of fused-ring (bicyclic) bond motifs is 2. The number of hydrogen-bond acceptors (Lipinski definition) is 14. The maximum absolute atomic E-state index is 13.2. The Morgan fingerprint density at radius 2 is 0.971 bits per heavy atom. The largest absolute Gasteiger partial charge is 0.368 e. The molecule has 2 fully saturated rings. The van der Waals surface area contributed by atoms with Crippen LogP contribution in [0.3, 0.4) is 0 Å². The molecule has 4 aromatic heterocycles. The average Bonchev–Trinajstić information content (AvgIpc) is 3.99. The van der Waals surface area contributed by atoms with E-state index in [0.717, 1.165) is 79.8 Å². The molecule has 2 aliphatic rings. The van der Waals surface area contributed by atoms with Crippen LogP contribution in [0.25, 0.3) is 20.7 Å². The summed E-state index contributed by atoms with van der Waals surface area (Å²) in [7, 11) is 0. The Morgan fingerprint density at radius 1 is 0.522 bits per heavy atom. The molecule has 0 spiro atoms. The minimum atomic E-state index is -0.242. The van der Waals surface area contributed by atoms with Gasteiger partial charge in [-0.25, -0.2) is 28.7 Å². The number of piperazine rings is 2. The fourth-order valence-corrected chi connectivity index (χ4v) is 10.3. The Kier molecular flexibility index (Phi) is 14.8. The number of amides is 2. The van der Waals surface area contributed by atoms with Gasteiger partial charge >= 0.3 is 0 Å². The summed E-state index contributed by atoms with van der Waals surface area (Å²) in [6.07, 6.45) is 4.23. The molecule has 4 N–H and O–H groups in total. The van der Waals surface area contributed by atoms with E-state index in [4.69, 9.17) is 33.0 Å². The number of aryl methyl sites for hydroxylation is 5. The van der Waals surface area contributed by atoms with Gasteiger partial charge in [-0.2, -0.15) is 9.97 Å². The van der Waals surface area contributed by atoms with Crippen molar-refractivity contribution in [2.45, 2.75) is 38.5 Å². The highest BCUT2D eigenvalue weighted by Crippen LogP contribution is 2.32. The van der Waals surface area contributed by atoms with E-state index in [1.165, 1.54) is 52.5 Å². The van der Waals surface area contributed by atoms with Crippen molar-refractivity contribution in [3.05, 3.63) is 152 Å². The molecule has 10 rings (SSSR count). The van der Waals surface area contributed by atoms with E-state index >= 15 is 0 Å². The van der Waals surface area contributed by atoms with Gasteiger partial charge < -0.3 is 31.1 Å². The number of rotatable bonds is 12. The summed E-state index contributed by atoms with van der Waals surface area (Å²) in [5, 5.41) is 2.48. The zero-order chi connectivity index (χ0) is 47.9. The molecule has 8 aromatic rings. The summed E-state index contributed by atoms with van der Waals surface area (Å²) in [6.45, 7) is 4.99. The topological polar surface area (TPSA) is 176 Å². The van der Waals surface area contributed by atoms with Crippen LogP contribution in [0, 0.1) is 11.6 Å². The van der Waals surface area contributed by atoms with E-state index in [0.29, 0.717) is 75.2 Å². The Bertz CT molecular complexity index is 3040. The summed E-state index contributed by atoms with van der Waals surface area (Å²) >= 11 is 8.95. The van der Waals surface area contributed by atoms with Gasteiger partial charge in [-0.1, -0.05) is 88.9 Å². The number of hydrogen-bond donors (Lipinski definition) is 2. The number of nitrogens with two attached hydrogens (primary N) is 2. The third-order valence-corrected chi connectivity index (χ3v) is 14.3. The summed E-state index contributed by atoms with van der Waals surface area (Å²) in [6, 6.07) is 30.1. The molecule has 2 amide bonds. The first-order valence-corrected chi connectivity index (χ1v) is 24.7. The lowest BCUT2D eigenvalue weighted by Crippen LogP contribution is -2.49. The van der Waals surface area contributed by atoms with E-state index in [2.05, 4.69) is 41.9 Å². The van der Waals surface area contributed by atoms with Crippen LogP contribution in [-0.4, -0.2) is 104 Å². The number of nitrogens with zero attached hydrogens (tertiary/aromatic N) is 10. The smallest absolute Gasteiger partial charge is 0.253 e. The number of thiazole rings is 2. The van der Waals surface area contributed by atoms with E-state index in [-0.39, 0.29) is 35.3 Å². The van der Waals surface area contributed by atoms with E-state index in [9.17, 15) is 18.4 Å². The third-order valence-electron chi connectivity index (χ3n) is 12.0. The predicted octanol–water partition coefficient (Wildman–Crippen LogP) is 8.08. The van der Waals surface area contributed by atoms with Gasteiger partial charge in [0, 0.05) is 82.2 Å². The first-order chi connectivity index (χ1) is 33.5. The van der Waals surface area contributed by atoms with Crippen LogP contribution in [0.15, 0.2) is 103 Å². The van der Waals surface area contributed by atoms with Gasteiger partial charge in [-0.3, -0.25) is 9.59 Å². The summed E-state index contributed by atoms with van der Waals surface area (Å²) in [5.74, 6) is 1.55. The number of benzene rings is 4. The van der Waals surface area contributed by atoms with Crippen molar-refractivity contribution in [2.24, 2.45) is 0 Å². The van der Waals surface area contributed by atoms with Crippen LogP contribution in [0.5, 0.6) is 0 Å². The van der Waals surface area contributed by atoms with Crippen LogP contribution in [0.1, 0.15) is 43.5 Å². The SMILES string of the molecule is Nc1nc(N2CCN(C(=O)CCc3ccccc3)CC2)c2nc(CCc3ccc(F)cc3)sc2n1.Nc1nc(N2CCN(C(=O)c3ccc(Cl)cc3)CC2)c2nc(CCc3ccc(F)cc3)sc2n1. The zero-order valence-electron chi connectivity index (χ0n) is 37.6. The number of carbonyl (C=O) groups is 2. The van der Waals surface area contributed by atoms with Crippen LogP contribution < -0.4 is 21.3 Å². The molecule has 0 saturated carbocycles. The summed E-state index contributed by atoms with van der Waals surface area (Å²) in [4.78, 5) is 62.4. The lowest BCUT2D eigenvalue weighted by atomic mass is 10.1. The molecule has 14 nitrogen and oxygen atoms in total. The molecule has 2 aliphatic heterocycles. The number of aromatic nitrogens is 6. The van der Waals surface area contributed by atoms with Gasteiger partial charge in [0.2, 0.25) is 17.8 Å². The molecular weight excluding hydrogens is 938 g/mol. The van der Waals surface area contributed by atoms with Crippen molar-refractivity contribution in [3.8, 4) is 0 Å². The normalized spacial score (nSPS) is 14.0. The highest BCUT2D eigenvalue weighted by molar-refractivity contribution is 7.18. The second-order valence-corrected chi connectivity index (χ2v) is 19.3. The lowest BCUT2D eigenvalue weighted by molar-refractivity contribution is -0.131. The molecule has 0 bridgehead atoms. The van der Waals surface area contributed by atoms with Crippen LogP contribution >= 0.6 is 34.3 Å². The summed E-state index contributed by atoms with van der Waals surface area (Å²) in [5.41, 5.74) is 17.4. The Balaban J connectivity index is 0.000000172. The molecule has 4 aromatic carbocycles. The van der Waals surface area contributed by atoms with Gasteiger partial charge in [0.25, 0.3) is 5.91 Å². The van der Waals surface area contributed by atoms with Crippen molar-refractivity contribution in [3.63, 3.8) is 0 Å². The Morgan fingerprint density at radius 3 is 1.45 bits per heavy atom. The monoisotopic (exact) mass is 986 g/mol. The van der Waals surface area contributed by atoms with E-state index in [1.807, 2.05) is 28.0 Å². The maximum Gasteiger partial charge on any atom is 0.253 e. The Labute approximate surface area is 410 Å². The van der Waals surface area contributed by atoms with Crippen molar-refractivity contribution in [2.75, 3.05) is 73.6 Å². The molecule has 0 atom stereocenters. The van der Waals surface area contributed by atoms with Gasteiger partial charge in [0.05, 0.1) is 10.0 Å². The van der Waals surface area contributed by atoms with Crippen molar-refractivity contribution >= 4 is 90.3 Å². The molecule has 0 radical (unpaired) electrons. The van der Waals surface area contributed by atoms with Crippen molar-refractivity contribution in [1.82, 2.24) is 39.7 Å². The lowest BCUT2D eigenvalue weighted by Gasteiger charge is -2.35. The van der Waals surface area contributed by atoms with Crippen LogP contribution in [0.4, 0.5) is 32.3 Å². The number of nitrogen functional groups attached to an aromatic ring is 2. The second-order valence-electron chi connectivity index (χ2n) is 16.7.